The minimum Gasteiger partial charge on any atom is -0.335 e. The van der Waals surface area contributed by atoms with Crippen molar-refractivity contribution in [3.8, 4) is 0 Å². The molecular weight excluding hydrogens is 296 g/mol. The van der Waals surface area contributed by atoms with Crippen LogP contribution in [0.4, 0.5) is 17.3 Å². The van der Waals surface area contributed by atoms with Crippen LogP contribution in [0, 0.1) is 5.41 Å². The Morgan fingerprint density at radius 2 is 1.67 bits per heavy atom. The van der Waals surface area contributed by atoms with Gasteiger partial charge in [-0.3, -0.25) is 0 Å². The van der Waals surface area contributed by atoms with E-state index in [1.54, 1.807) is 12.4 Å². The van der Waals surface area contributed by atoms with Crippen LogP contribution in [0.3, 0.4) is 0 Å². The van der Waals surface area contributed by atoms with E-state index >= 15 is 0 Å². The second kappa shape index (κ2) is 4.95. The number of rotatable bonds is 2. The zero-order valence-electron chi connectivity index (χ0n) is 15.2. The van der Waals surface area contributed by atoms with E-state index in [4.69, 9.17) is 0 Å². The zero-order valence-corrected chi connectivity index (χ0v) is 15.2. The van der Waals surface area contributed by atoms with Crippen molar-refractivity contribution in [1.29, 1.82) is 0 Å². The number of benzene rings is 1. The van der Waals surface area contributed by atoms with Crippen molar-refractivity contribution in [1.82, 2.24) is 9.97 Å². The van der Waals surface area contributed by atoms with Crippen molar-refractivity contribution in [3.63, 3.8) is 0 Å². The predicted octanol–water partition coefficient (Wildman–Crippen LogP) is 4.49. The maximum absolute atomic E-state index is 4.69. The summed E-state index contributed by atoms with van der Waals surface area (Å²) in [6.07, 6.45) is 6.05. The maximum atomic E-state index is 4.69. The molecule has 126 valence electrons. The molecule has 2 aliphatic rings. The first-order valence-electron chi connectivity index (χ1n) is 8.92. The number of hydrogen-bond acceptors (Lipinski definition) is 4. The number of aromatic nitrogens is 2. The van der Waals surface area contributed by atoms with Crippen molar-refractivity contribution in [2.75, 3.05) is 16.8 Å². The minimum absolute atomic E-state index is 0.0905. The first kappa shape index (κ1) is 15.4. The molecule has 0 amide bonds. The molecule has 3 unspecified atom stereocenters. The van der Waals surface area contributed by atoms with Gasteiger partial charge in [-0.05, 0) is 24.5 Å². The van der Waals surface area contributed by atoms with E-state index in [0.29, 0.717) is 0 Å². The van der Waals surface area contributed by atoms with Gasteiger partial charge in [0.1, 0.15) is 6.17 Å². The number of fused-ring (bicyclic) bond motifs is 5. The topological polar surface area (TPSA) is 32.3 Å². The van der Waals surface area contributed by atoms with Crippen molar-refractivity contribution >= 4 is 17.3 Å². The van der Waals surface area contributed by atoms with Gasteiger partial charge in [-0.25, -0.2) is 9.97 Å². The van der Waals surface area contributed by atoms with Gasteiger partial charge >= 0.3 is 0 Å². The fourth-order valence-corrected chi connectivity index (χ4v) is 5.02. The monoisotopic (exact) mass is 322 g/mol. The molecule has 0 saturated heterocycles. The number of nitrogens with zero attached hydrogens (tertiary/aromatic N) is 4. The molecule has 24 heavy (non-hydrogen) atoms. The van der Waals surface area contributed by atoms with Crippen LogP contribution in [0.1, 0.15) is 46.1 Å². The summed E-state index contributed by atoms with van der Waals surface area (Å²) in [5.41, 5.74) is 2.91. The molecule has 0 fully saturated rings. The lowest BCUT2D eigenvalue weighted by molar-refractivity contribution is 0.0941. The predicted molar refractivity (Wildman–Crippen MR) is 98.8 cm³/mol. The number of para-hydroxylation sites is 1. The molecule has 2 aromatic rings. The first-order valence-corrected chi connectivity index (χ1v) is 8.92. The van der Waals surface area contributed by atoms with E-state index in [1.807, 2.05) is 0 Å². The molecule has 4 heteroatoms. The average Bonchev–Trinajstić information content (AvgIpc) is 2.93. The highest BCUT2D eigenvalue weighted by molar-refractivity contribution is 5.82. The Bertz CT molecular complexity index is 789. The smallest absolute Gasteiger partial charge is 0.178 e. The third-order valence-electron chi connectivity index (χ3n) is 6.86. The van der Waals surface area contributed by atoms with Gasteiger partial charge in [0.25, 0.3) is 0 Å². The summed E-state index contributed by atoms with van der Waals surface area (Å²) in [6.45, 7) is 9.51. The summed E-state index contributed by atoms with van der Waals surface area (Å²) < 4.78 is 0. The van der Waals surface area contributed by atoms with Gasteiger partial charge in [0.15, 0.2) is 11.6 Å². The fourth-order valence-electron chi connectivity index (χ4n) is 5.02. The standard InChI is InChI=1S/C20H26N4/c1-6-19(3)14-10-8-9-11-15(14)24-17-16(21-12-13-22-17)23(5)18(24)20(19,4)7-2/h8-13,18H,6-7H2,1-5H3. The molecule has 3 heterocycles. The summed E-state index contributed by atoms with van der Waals surface area (Å²) >= 11 is 0. The van der Waals surface area contributed by atoms with Crippen LogP contribution >= 0.6 is 0 Å². The first-order chi connectivity index (χ1) is 11.5. The van der Waals surface area contributed by atoms with Crippen LogP contribution in [0.2, 0.25) is 0 Å². The minimum atomic E-state index is 0.0905. The van der Waals surface area contributed by atoms with Gasteiger partial charge in [-0.2, -0.15) is 0 Å². The zero-order chi connectivity index (χ0) is 17.1. The molecule has 1 aromatic heterocycles. The van der Waals surface area contributed by atoms with Gasteiger partial charge in [0, 0.05) is 36.0 Å². The summed E-state index contributed by atoms with van der Waals surface area (Å²) in [6, 6.07) is 8.84. The molecule has 4 nitrogen and oxygen atoms in total. The molecule has 0 bridgehead atoms. The van der Waals surface area contributed by atoms with Gasteiger partial charge < -0.3 is 9.80 Å². The Labute approximate surface area is 144 Å². The summed E-state index contributed by atoms with van der Waals surface area (Å²) in [4.78, 5) is 14.1. The van der Waals surface area contributed by atoms with E-state index < -0.39 is 0 Å². The molecule has 4 rings (SSSR count). The Hall–Kier alpha value is -2.10. The molecule has 1 aromatic carbocycles. The van der Waals surface area contributed by atoms with Crippen molar-refractivity contribution < 1.29 is 0 Å². The Morgan fingerprint density at radius 1 is 1.00 bits per heavy atom. The highest BCUT2D eigenvalue weighted by atomic mass is 15.5. The normalized spacial score (nSPS) is 30.8. The molecule has 2 aliphatic heterocycles. The number of anilines is 3. The quantitative estimate of drug-likeness (QED) is 0.815. The van der Waals surface area contributed by atoms with Crippen molar-refractivity contribution in [3.05, 3.63) is 42.2 Å². The lowest BCUT2D eigenvalue weighted by Crippen LogP contribution is -2.62. The third kappa shape index (κ3) is 1.59. The molecule has 0 aliphatic carbocycles. The van der Waals surface area contributed by atoms with Crippen LogP contribution in [-0.4, -0.2) is 23.2 Å². The van der Waals surface area contributed by atoms with Crippen LogP contribution in [0.15, 0.2) is 36.7 Å². The molecule has 0 saturated carbocycles. The summed E-state index contributed by atoms with van der Waals surface area (Å²) in [7, 11) is 2.16. The Kier molecular flexibility index (Phi) is 3.18. The second-order valence-electron chi connectivity index (χ2n) is 7.53. The van der Waals surface area contributed by atoms with Gasteiger partial charge in [0.05, 0.1) is 0 Å². The van der Waals surface area contributed by atoms with Crippen LogP contribution < -0.4 is 9.80 Å². The SMILES string of the molecule is CCC1(C)c2ccccc2N2c3nccnc3N(C)C2C1(C)CC. The average molecular weight is 322 g/mol. The van der Waals surface area contributed by atoms with Crippen molar-refractivity contribution in [2.45, 2.75) is 52.1 Å². The summed E-state index contributed by atoms with van der Waals surface area (Å²) in [5, 5.41) is 0. The lowest BCUT2D eigenvalue weighted by atomic mass is 9.55. The van der Waals surface area contributed by atoms with E-state index in [2.05, 4.69) is 78.8 Å². The van der Waals surface area contributed by atoms with E-state index in [-0.39, 0.29) is 17.0 Å². The van der Waals surface area contributed by atoms with Gasteiger partial charge in [0.2, 0.25) is 0 Å². The van der Waals surface area contributed by atoms with Crippen molar-refractivity contribution in [2.24, 2.45) is 5.41 Å². The fraction of sp³-hybridized carbons (Fsp3) is 0.500. The van der Waals surface area contributed by atoms with Crippen LogP contribution in [0.5, 0.6) is 0 Å². The van der Waals surface area contributed by atoms with E-state index in [1.165, 1.54) is 11.3 Å². The highest BCUT2D eigenvalue weighted by Gasteiger charge is 2.59. The van der Waals surface area contributed by atoms with E-state index in [0.717, 1.165) is 24.5 Å². The molecule has 3 atom stereocenters. The van der Waals surface area contributed by atoms with E-state index in [9.17, 15) is 0 Å². The van der Waals surface area contributed by atoms with Crippen LogP contribution in [-0.2, 0) is 5.41 Å². The molecular formula is C20H26N4. The highest BCUT2D eigenvalue weighted by Crippen LogP contribution is 2.61. The van der Waals surface area contributed by atoms with Gasteiger partial charge in [-0.15, -0.1) is 0 Å². The molecule has 0 radical (unpaired) electrons. The van der Waals surface area contributed by atoms with Crippen LogP contribution in [0.25, 0.3) is 0 Å². The lowest BCUT2D eigenvalue weighted by Gasteiger charge is -2.58. The van der Waals surface area contributed by atoms with Gasteiger partial charge in [-0.1, -0.05) is 45.9 Å². The Balaban J connectivity index is 2.06. The molecule has 0 spiro atoms. The molecule has 0 N–H and O–H groups in total. The number of hydrogen-bond donors (Lipinski definition) is 0. The maximum Gasteiger partial charge on any atom is 0.178 e. The summed E-state index contributed by atoms with van der Waals surface area (Å²) in [5.74, 6) is 1.97. The Morgan fingerprint density at radius 3 is 2.33 bits per heavy atom. The largest absolute Gasteiger partial charge is 0.335 e. The third-order valence-corrected chi connectivity index (χ3v) is 6.86. The second-order valence-corrected chi connectivity index (χ2v) is 7.53.